The maximum Gasteiger partial charge on any atom is 0.407 e. The van der Waals surface area contributed by atoms with Gasteiger partial charge in [-0.05, 0) is 31.0 Å². The van der Waals surface area contributed by atoms with Crippen molar-refractivity contribution < 1.29 is 23.8 Å². The first kappa shape index (κ1) is 18.9. The van der Waals surface area contributed by atoms with Crippen molar-refractivity contribution in [3.63, 3.8) is 0 Å². The number of carboxylic acid groups (broad SMARTS) is 1. The van der Waals surface area contributed by atoms with Crippen LogP contribution in [0.15, 0.2) is 18.2 Å². The summed E-state index contributed by atoms with van der Waals surface area (Å²) in [6, 6.07) is 4.01. The molecule has 2 aromatic rings. The number of nitrogens with two attached hydrogens (primary N) is 1. The van der Waals surface area contributed by atoms with Crippen LogP contribution in [0.2, 0.25) is 0 Å². The molecule has 0 bridgehead atoms. The summed E-state index contributed by atoms with van der Waals surface area (Å²) in [4.78, 5) is 29.3. The first-order valence-electron chi connectivity index (χ1n) is 8.28. The number of carbonyl (C=O) groups is 2. The molecule has 0 aliphatic carbocycles. The molecule has 1 amide bonds. The number of ketones is 1. The number of thiazole rings is 1. The molecule has 0 spiro atoms. The van der Waals surface area contributed by atoms with E-state index in [1.165, 1.54) is 24.1 Å². The number of benzene rings is 1. The van der Waals surface area contributed by atoms with Crippen LogP contribution in [0.25, 0.3) is 0 Å². The minimum absolute atomic E-state index is 0.0486. The minimum atomic E-state index is -0.924. The van der Waals surface area contributed by atoms with Crippen LogP contribution in [0.1, 0.15) is 28.1 Å². The lowest BCUT2D eigenvalue weighted by Gasteiger charge is -2.30. The number of nitrogens with zero attached hydrogens (tertiary/aromatic N) is 2. The van der Waals surface area contributed by atoms with Crippen molar-refractivity contribution in [1.82, 2.24) is 9.88 Å². The molecule has 0 unspecified atom stereocenters. The van der Waals surface area contributed by atoms with E-state index >= 15 is 0 Å². The van der Waals surface area contributed by atoms with Gasteiger partial charge in [-0.15, -0.1) is 0 Å². The van der Waals surface area contributed by atoms with Crippen molar-refractivity contribution in [1.29, 1.82) is 0 Å². The summed E-state index contributed by atoms with van der Waals surface area (Å²) in [5.74, 6) is -0.916. The number of aromatic nitrogens is 1. The quantitative estimate of drug-likeness (QED) is 0.667. The van der Waals surface area contributed by atoms with Crippen LogP contribution in [0.3, 0.4) is 0 Å². The van der Waals surface area contributed by atoms with Gasteiger partial charge in [0.1, 0.15) is 10.7 Å². The Bertz CT molecular complexity index is 865. The number of hydrogen-bond acceptors (Lipinski definition) is 7. The second-order valence-electron chi connectivity index (χ2n) is 6.10. The van der Waals surface area contributed by atoms with E-state index in [1.807, 2.05) is 0 Å². The van der Waals surface area contributed by atoms with Crippen LogP contribution in [-0.4, -0.2) is 53.1 Å². The van der Waals surface area contributed by atoms with Crippen molar-refractivity contribution in [2.45, 2.75) is 18.9 Å². The van der Waals surface area contributed by atoms with Crippen LogP contribution in [0.5, 0.6) is 5.75 Å². The van der Waals surface area contributed by atoms with Gasteiger partial charge in [0, 0.05) is 24.7 Å². The van der Waals surface area contributed by atoms with Gasteiger partial charge >= 0.3 is 6.09 Å². The Labute approximate surface area is 158 Å². The molecule has 2 heterocycles. The highest BCUT2D eigenvalue weighted by molar-refractivity contribution is 7.18. The number of amides is 1. The summed E-state index contributed by atoms with van der Waals surface area (Å²) < 4.78 is 18.7. The fraction of sp³-hybridized carbons (Fsp3) is 0.353. The number of likely N-dealkylation sites (tertiary alicyclic amines) is 1. The average molecular weight is 394 g/mol. The highest BCUT2D eigenvalue weighted by atomic mass is 32.1. The molecule has 144 valence electrons. The number of halogens is 1. The maximum absolute atomic E-state index is 13.9. The Morgan fingerprint density at radius 1 is 1.41 bits per heavy atom. The van der Waals surface area contributed by atoms with Crippen LogP contribution >= 0.6 is 11.3 Å². The lowest BCUT2D eigenvalue weighted by Crippen LogP contribution is -2.41. The van der Waals surface area contributed by atoms with Gasteiger partial charge in [-0.25, -0.2) is 14.2 Å². The Balaban J connectivity index is 1.70. The van der Waals surface area contributed by atoms with Gasteiger partial charge in [-0.1, -0.05) is 11.3 Å². The molecule has 27 heavy (non-hydrogen) atoms. The average Bonchev–Trinajstić information content (AvgIpc) is 3.01. The normalized spacial score (nSPS) is 14.8. The zero-order valence-corrected chi connectivity index (χ0v) is 15.4. The smallest absolute Gasteiger partial charge is 0.407 e. The number of piperidine rings is 1. The lowest BCUT2D eigenvalue weighted by atomic mass is 10.1. The van der Waals surface area contributed by atoms with E-state index in [1.54, 1.807) is 0 Å². The molecule has 1 aromatic heterocycles. The second kappa shape index (κ2) is 7.78. The van der Waals surface area contributed by atoms with Gasteiger partial charge < -0.3 is 25.8 Å². The molecule has 0 radical (unpaired) electrons. The van der Waals surface area contributed by atoms with E-state index in [0.717, 1.165) is 17.4 Å². The van der Waals surface area contributed by atoms with Gasteiger partial charge in [-0.2, -0.15) is 0 Å². The highest BCUT2D eigenvalue weighted by Crippen LogP contribution is 2.30. The maximum atomic E-state index is 13.9. The van der Waals surface area contributed by atoms with E-state index in [9.17, 15) is 14.0 Å². The number of rotatable bonds is 5. The summed E-state index contributed by atoms with van der Waals surface area (Å²) in [6.45, 7) is 0.871. The van der Waals surface area contributed by atoms with Gasteiger partial charge in [0.2, 0.25) is 5.78 Å². The summed E-state index contributed by atoms with van der Waals surface area (Å²) in [6.07, 6.45) is 0.351. The summed E-state index contributed by atoms with van der Waals surface area (Å²) in [5.41, 5.74) is 6.03. The molecule has 0 saturated carbocycles. The van der Waals surface area contributed by atoms with E-state index in [0.29, 0.717) is 31.1 Å². The third-order valence-corrected chi connectivity index (χ3v) is 5.37. The monoisotopic (exact) mass is 394 g/mol. The molecule has 1 aliphatic rings. The molecule has 0 atom stereocenters. The summed E-state index contributed by atoms with van der Waals surface area (Å²) >= 11 is 1.10. The van der Waals surface area contributed by atoms with Crippen LogP contribution in [-0.2, 0) is 0 Å². The molecule has 1 fully saturated rings. The molecule has 4 N–H and O–H groups in total. The van der Waals surface area contributed by atoms with E-state index < -0.39 is 17.7 Å². The topological polar surface area (TPSA) is 118 Å². The fourth-order valence-electron chi connectivity index (χ4n) is 2.88. The molecule has 3 rings (SSSR count). The van der Waals surface area contributed by atoms with Crippen molar-refractivity contribution in [2.24, 2.45) is 0 Å². The van der Waals surface area contributed by atoms with Crippen molar-refractivity contribution >= 4 is 34.2 Å². The predicted octanol–water partition coefficient (Wildman–Crippen LogP) is 2.66. The summed E-state index contributed by atoms with van der Waals surface area (Å²) in [7, 11) is 1.35. The largest absolute Gasteiger partial charge is 0.494 e. The molecular weight excluding hydrogens is 375 g/mol. The Morgan fingerprint density at radius 3 is 2.70 bits per heavy atom. The standard InChI is InChI=1S/C17H19FN4O4S/c1-26-12-3-2-9(8-11(12)18)13(23)14-15(19)21-16(27-14)20-10-4-6-22(7-5-10)17(24)25/h2-3,8,10H,4-7,19H2,1H3,(H,20,21)(H,24,25). The van der Waals surface area contributed by atoms with Crippen molar-refractivity contribution in [3.8, 4) is 5.75 Å². The van der Waals surface area contributed by atoms with Crippen LogP contribution in [0, 0.1) is 5.82 Å². The third kappa shape index (κ3) is 4.11. The molecule has 1 saturated heterocycles. The molecular formula is C17H19FN4O4S. The Kier molecular flexibility index (Phi) is 5.45. The van der Waals surface area contributed by atoms with Crippen molar-refractivity contribution in [3.05, 3.63) is 34.5 Å². The van der Waals surface area contributed by atoms with E-state index in [4.69, 9.17) is 15.6 Å². The predicted molar refractivity (Wildman–Crippen MR) is 99.2 cm³/mol. The van der Waals surface area contributed by atoms with Crippen LogP contribution in [0.4, 0.5) is 20.1 Å². The third-order valence-electron chi connectivity index (χ3n) is 4.37. The van der Waals surface area contributed by atoms with Gasteiger partial charge in [0.15, 0.2) is 16.7 Å². The highest BCUT2D eigenvalue weighted by Gasteiger charge is 2.24. The summed E-state index contributed by atoms with van der Waals surface area (Å²) in [5, 5.41) is 12.7. The van der Waals surface area contributed by atoms with Crippen molar-refractivity contribution in [2.75, 3.05) is 31.2 Å². The van der Waals surface area contributed by atoms with Gasteiger partial charge in [0.05, 0.1) is 7.11 Å². The molecule has 8 nitrogen and oxygen atoms in total. The lowest BCUT2D eigenvalue weighted by molar-refractivity contribution is 0.104. The van der Waals surface area contributed by atoms with Gasteiger partial charge in [0.25, 0.3) is 0 Å². The number of hydrogen-bond donors (Lipinski definition) is 3. The Hall–Kier alpha value is -2.88. The second-order valence-corrected chi connectivity index (χ2v) is 7.10. The minimum Gasteiger partial charge on any atom is -0.494 e. The number of ether oxygens (including phenoxy) is 1. The SMILES string of the molecule is COc1ccc(C(=O)c2sc(NC3CCN(C(=O)O)CC3)nc2N)cc1F. The first-order chi connectivity index (χ1) is 12.9. The molecule has 1 aromatic carbocycles. The zero-order chi connectivity index (χ0) is 19.6. The first-order valence-corrected chi connectivity index (χ1v) is 9.09. The molecule has 10 heteroatoms. The number of nitrogens with one attached hydrogen (secondary N) is 1. The molecule has 1 aliphatic heterocycles. The zero-order valence-electron chi connectivity index (χ0n) is 14.6. The van der Waals surface area contributed by atoms with Gasteiger partial charge in [-0.3, -0.25) is 4.79 Å². The van der Waals surface area contributed by atoms with E-state index in [-0.39, 0.29) is 28.0 Å². The fourth-order valence-corrected chi connectivity index (χ4v) is 3.81. The number of anilines is 2. The number of carbonyl (C=O) groups excluding carboxylic acids is 1. The van der Waals surface area contributed by atoms with E-state index in [2.05, 4.69) is 10.3 Å². The number of nitrogen functional groups attached to an aromatic ring is 1. The number of methoxy groups -OCH3 is 1. The van der Waals surface area contributed by atoms with Crippen LogP contribution < -0.4 is 15.8 Å². The Morgan fingerprint density at radius 2 is 2.11 bits per heavy atom.